The van der Waals surface area contributed by atoms with Gasteiger partial charge in [-0.1, -0.05) is 66.2 Å². The average Bonchev–Trinajstić information content (AvgIpc) is 2.88. The first-order valence-corrected chi connectivity index (χ1v) is 12.5. The molecule has 0 saturated heterocycles. The van der Waals surface area contributed by atoms with E-state index < -0.39 is 11.8 Å². The number of carbonyl (C=O) groups is 3. The molecular formula is C28H29BrN4O4. The molecular weight excluding hydrogens is 536 g/mol. The Morgan fingerprint density at radius 3 is 2.46 bits per heavy atom. The SMILES string of the molecule is Cc1cc(NC(=O)COc2cccc(/C=N\NC(=O)C(=O)NCc3ccc(C(C)C)cc3)c2)ccc1Br. The Bertz CT molecular complexity index is 1290. The lowest BCUT2D eigenvalue weighted by molar-refractivity contribution is -0.139. The maximum absolute atomic E-state index is 12.2. The van der Waals surface area contributed by atoms with Crippen molar-refractivity contribution in [2.75, 3.05) is 11.9 Å². The molecule has 3 rings (SSSR count). The molecule has 0 saturated carbocycles. The maximum Gasteiger partial charge on any atom is 0.329 e. The minimum atomic E-state index is -0.873. The number of nitrogens with zero attached hydrogens (tertiary/aromatic N) is 1. The van der Waals surface area contributed by atoms with Crippen LogP contribution in [0.4, 0.5) is 5.69 Å². The van der Waals surface area contributed by atoms with Crippen LogP contribution in [0.2, 0.25) is 0 Å². The van der Waals surface area contributed by atoms with Gasteiger partial charge in [-0.15, -0.1) is 0 Å². The van der Waals surface area contributed by atoms with Crippen LogP contribution >= 0.6 is 15.9 Å². The number of benzene rings is 3. The van der Waals surface area contributed by atoms with Crippen molar-refractivity contribution in [1.29, 1.82) is 0 Å². The van der Waals surface area contributed by atoms with E-state index in [-0.39, 0.29) is 19.1 Å². The first-order valence-electron chi connectivity index (χ1n) is 11.7. The second-order valence-corrected chi connectivity index (χ2v) is 9.51. The predicted octanol–water partition coefficient (Wildman–Crippen LogP) is 4.66. The summed E-state index contributed by atoms with van der Waals surface area (Å²) in [6, 6.07) is 20.2. The van der Waals surface area contributed by atoms with Crippen molar-refractivity contribution < 1.29 is 19.1 Å². The van der Waals surface area contributed by atoms with Gasteiger partial charge < -0.3 is 15.4 Å². The van der Waals surface area contributed by atoms with Crippen molar-refractivity contribution in [2.24, 2.45) is 5.10 Å². The number of aryl methyl sites for hydroxylation is 1. The summed E-state index contributed by atoms with van der Waals surface area (Å²) < 4.78 is 6.52. The summed E-state index contributed by atoms with van der Waals surface area (Å²) in [5.74, 6) is -1.07. The molecule has 37 heavy (non-hydrogen) atoms. The Kier molecular flexibility index (Phi) is 9.97. The second-order valence-electron chi connectivity index (χ2n) is 8.65. The van der Waals surface area contributed by atoms with Crippen LogP contribution in [0.25, 0.3) is 0 Å². The molecule has 9 heteroatoms. The van der Waals surface area contributed by atoms with Gasteiger partial charge in [0.25, 0.3) is 5.91 Å². The Morgan fingerprint density at radius 2 is 1.76 bits per heavy atom. The first-order chi connectivity index (χ1) is 17.7. The van der Waals surface area contributed by atoms with Gasteiger partial charge in [-0.05, 0) is 65.4 Å². The highest BCUT2D eigenvalue weighted by molar-refractivity contribution is 9.10. The third kappa shape index (κ3) is 8.88. The highest BCUT2D eigenvalue weighted by atomic mass is 79.9. The minimum absolute atomic E-state index is 0.174. The van der Waals surface area contributed by atoms with Crippen LogP contribution < -0.4 is 20.8 Å². The van der Waals surface area contributed by atoms with E-state index in [2.05, 4.69) is 50.9 Å². The van der Waals surface area contributed by atoms with E-state index in [9.17, 15) is 14.4 Å². The zero-order chi connectivity index (χ0) is 26.8. The topological polar surface area (TPSA) is 109 Å². The molecule has 3 amide bonds. The number of rotatable bonds is 9. The van der Waals surface area contributed by atoms with Gasteiger partial charge in [-0.2, -0.15) is 5.10 Å². The average molecular weight is 565 g/mol. The molecule has 0 aliphatic rings. The number of hydrogen-bond donors (Lipinski definition) is 3. The lowest BCUT2D eigenvalue weighted by atomic mass is 10.0. The molecule has 0 aromatic heterocycles. The number of carbonyl (C=O) groups excluding carboxylic acids is 3. The van der Waals surface area contributed by atoms with E-state index in [0.29, 0.717) is 22.9 Å². The third-order valence-electron chi connectivity index (χ3n) is 5.36. The van der Waals surface area contributed by atoms with Crippen LogP contribution in [0.15, 0.2) is 76.3 Å². The summed E-state index contributed by atoms with van der Waals surface area (Å²) in [4.78, 5) is 36.3. The quantitative estimate of drug-likeness (QED) is 0.199. The molecule has 0 aliphatic heterocycles. The number of halogens is 1. The van der Waals surface area contributed by atoms with Crippen molar-refractivity contribution in [2.45, 2.75) is 33.2 Å². The van der Waals surface area contributed by atoms with Gasteiger partial charge in [0, 0.05) is 16.7 Å². The lowest BCUT2D eigenvalue weighted by Gasteiger charge is -2.09. The molecule has 8 nitrogen and oxygen atoms in total. The Morgan fingerprint density at radius 1 is 1.00 bits per heavy atom. The molecule has 0 atom stereocenters. The summed E-state index contributed by atoms with van der Waals surface area (Å²) in [6.07, 6.45) is 1.38. The molecule has 0 spiro atoms. The lowest BCUT2D eigenvalue weighted by Crippen LogP contribution is -2.37. The molecule has 0 fully saturated rings. The zero-order valence-corrected chi connectivity index (χ0v) is 22.5. The summed E-state index contributed by atoms with van der Waals surface area (Å²) in [6.45, 7) is 6.22. The fourth-order valence-corrected chi connectivity index (χ4v) is 3.50. The van der Waals surface area contributed by atoms with Crippen molar-refractivity contribution in [3.05, 3.63) is 93.5 Å². The van der Waals surface area contributed by atoms with E-state index in [1.165, 1.54) is 11.8 Å². The van der Waals surface area contributed by atoms with E-state index >= 15 is 0 Å². The number of ether oxygens (including phenoxy) is 1. The van der Waals surface area contributed by atoms with Gasteiger partial charge in [0.15, 0.2) is 6.61 Å². The summed E-state index contributed by atoms with van der Waals surface area (Å²) >= 11 is 3.43. The summed E-state index contributed by atoms with van der Waals surface area (Å²) in [7, 11) is 0. The normalized spacial score (nSPS) is 10.8. The molecule has 3 aromatic rings. The van der Waals surface area contributed by atoms with Crippen molar-refractivity contribution in [1.82, 2.24) is 10.7 Å². The Labute approximate surface area is 224 Å². The van der Waals surface area contributed by atoms with Gasteiger partial charge in [0.05, 0.1) is 6.21 Å². The van der Waals surface area contributed by atoms with Gasteiger partial charge in [0.1, 0.15) is 5.75 Å². The number of hydrogen-bond acceptors (Lipinski definition) is 5. The standard InChI is InChI=1S/C28H29BrN4O4/c1-18(2)22-9-7-20(8-10-22)15-30-27(35)28(36)33-31-16-21-5-4-6-24(14-21)37-17-26(34)32-23-11-12-25(29)19(3)13-23/h4-14,16,18H,15,17H2,1-3H3,(H,30,35)(H,32,34)(H,33,36)/b31-16-. The number of amides is 3. The Hall–Kier alpha value is -3.98. The zero-order valence-electron chi connectivity index (χ0n) is 20.9. The van der Waals surface area contributed by atoms with Crippen LogP contribution in [0.1, 0.15) is 42.0 Å². The van der Waals surface area contributed by atoms with Crippen LogP contribution in [0.5, 0.6) is 5.75 Å². The number of hydrazone groups is 1. The number of anilines is 1. The van der Waals surface area contributed by atoms with Crippen LogP contribution in [-0.4, -0.2) is 30.5 Å². The van der Waals surface area contributed by atoms with Gasteiger partial charge in [-0.3, -0.25) is 14.4 Å². The van der Waals surface area contributed by atoms with Crippen LogP contribution in [0.3, 0.4) is 0 Å². The van der Waals surface area contributed by atoms with Gasteiger partial charge in [-0.25, -0.2) is 5.43 Å². The first kappa shape index (κ1) is 27.6. The molecule has 0 radical (unpaired) electrons. The van der Waals surface area contributed by atoms with E-state index in [4.69, 9.17) is 4.74 Å². The summed E-state index contributed by atoms with van der Waals surface area (Å²) in [5, 5.41) is 9.19. The molecule has 0 aliphatic carbocycles. The monoisotopic (exact) mass is 564 g/mol. The van der Waals surface area contributed by atoms with Crippen LogP contribution in [0, 0.1) is 6.92 Å². The van der Waals surface area contributed by atoms with Crippen molar-refractivity contribution in [3.63, 3.8) is 0 Å². The molecule has 3 N–H and O–H groups in total. The fraction of sp³-hybridized carbons (Fsp3) is 0.214. The molecule has 0 bridgehead atoms. The number of nitrogens with one attached hydrogen (secondary N) is 3. The predicted molar refractivity (Wildman–Crippen MR) is 148 cm³/mol. The second kappa shape index (κ2) is 13.4. The van der Waals surface area contributed by atoms with E-state index in [1.807, 2.05) is 43.3 Å². The molecule has 3 aromatic carbocycles. The molecule has 0 unspecified atom stereocenters. The largest absolute Gasteiger partial charge is 0.484 e. The Balaban J connectivity index is 1.43. The fourth-order valence-electron chi connectivity index (χ4n) is 3.25. The van der Waals surface area contributed by atoms with E-state index in [1.54, 1.807) is 30.3 Å². The maximum atomic E-state index is 12.2. The minimum Gasteiger partial charge on any atom is -0.484 e. The molecule has 0 heterocycles. The smallest absolute Gasteiger partial charge is 0.329 e. The third-order valence-corrected chi connectivity index (χ3v) is 6.24. The van der Waals surface area contributed by atoms with Crippen molar-refractivity contribution in [3.8, 4) is 5.75 Å². The highest BCUT2D eigenvalue weighted by Gasteiger charge is 2.12. The van der Waals surface area contributed by atoms with Crippen molar-refractivity contribution >= 4 is 45.6 Å². The van der Waals surface area contributed by atoms with E-state index in [0.717, 1.165) is 15.6 Å². The van der Waals surface area contributed by atoms with Gasteiger partial charge in [0.2, 0.25) is 0 Å². The highest BCUT2D eigenvalue weighted by Crippen LogP contribution is 2.20. The summed E-state index contributed by atoms with van der Waals surface area (Å²) in [5.41, 5.74) is 6.61. The molecule has 192 valence electrons. The van der Waals surface area contributed by atoms with Gasteiger partial charge >= 0.3 is 11.8 Å². The van der Waals surface area contributed by atoms with Crippen LogP contribution in [-0.2, 0) is 20.9 Å².